The highest BCUT2D eigenvalue weighted by Gasteiger charge is 2.29. The molecule has 4 nitrogen and oxygen atoms in total. The maximum atomic E-state index is 11.5. The smallest absolute Gasteiger partial charge is 0.407 e. The lowest BCUT2D eigenvalue weighted by molar-refractivity contribution is 0.0499. The minimum Gasteiger partial charge on any atom is -0.444 e. The van der Waals surface area contributed by atoms with Crippen molar-refractivity contribution in [1.82, 2.24) is 10.6 Å². The van der Waals surface area contributed by atoms with Crippen molar-refractivity contribution in [2.24, 2.45) is 5.92 Å². The molecule has 0 aromatic heterocycles. The highest BCUT2D eigenvalue weighted by Crippen LogP contribution is 2.12. The van der Waals surface area contributed by atoms with Crippen LogP contribution >= 0.6 is 11.6 Å². The summed E-state index contributed by atoms with van der Waals surface area (Å²) >= 11 is 5.79. The molecule has 1 rings (SSSR count). The SMILES string of the molecule is CC(C)(C)OC(=O)NC1CNCC1CCl. The number of ether oxygens (including phenoxy) is 1. The van der Waals surface area contributed by atoms with Gasteiger partial charge in [0, 0.05) is 30.9 Å². The summed E-state index contributed by atoms with van der Waals surface area (Å²) in [4.78, 5) is 11.5. The third kappa shape index (κ3) is 4.26. The van der Waals surface area contributed by atoms with Gasteiger partial charge in [-0.3, -0.25) is 0 Å². The van der Waals surface area contributed by atoms with Crippen LogP contribution in [0.25, 0.3) is 0 Å². The molecule has 0 aromatic carbocycles. The van der Waals surface area contributed by atoms with E-state index >= 15 is 0 Å². The van der Waals surface area contributed by atoms with Crippen molar-refractivity contribution in [2.75, 3.05) is 19.0 Å². The summed E-state index contributed by atoms with van der Waals surface area (Å²) in [7, 11) is 0. The Balaban J connectivity index is 2.37. The molecule has 1 aliphatic rings. The second-order valence-corrected chi connectivity index (χ2v) is 5.13. The lowest BCUT2D eigenvalue weighted by Gasteiger charge is -2.23. The Labute approximate surface area is 95.7 Å². The van der Waals surface area contributed by atoms with Gasteiger partial charge < -0.3 is 15.4 Å². The zero-order chi connectivity index (χ0) is 11.5. The molecule has 2 unspecified atom stereocenters. The van der Waals surface area contributed by atoms with Gasteiger partial charge in [0.2, 0.25) is 0 Å². The van der Waals surface area contributed by atoms with Gasteiger partial charge in [0.25, 0.3) is 0 Å². The molecule has 88 valence electrons. The van der Waals surface area contributed by atoms with Crippen LogP contribution in [-0.2, 0) is 4.74 Å². The highest BCUT2D eigenvalue weighted by molar-refractivity contribution is 6.18. The number of alkyl carbamates (subject to hydrolysis) is 1. The summed E-state index contributed by atoms with van der Waals surface area (Å²) in [5.41, 5.74) is -0.452. The van der Waals surface area contributed by atoms with E-state index in [9.17, 15) is 4.79 Å². The van der Waals surface area contributed by atoms with Crippen molar-refractivity contribution in [3.05, 3.63) is 0 Å². The molecule has 5 heteroatoms. The average molecular weight is 235 g/mol. The molecule has 0 aliphatic carbocycles. The maximum Gasteiger partial charge on any atom is 0.407 e. The van der Waals surface area contributed by atoms with Crippen molar-refractivity contribution in [2.45, 2.75) is 32.4 Å². The number of rotatable bonds is 2. The van der Waals surface area contributed by atoms with Crippen LogP contribution in [0.2, 0.25) is 0 Å². The normalized spacial score (nSPS) is 26.4. The summed E-state index contributed by atoms with van der Waals surface area (Å²) in [6, 6.07) is 0.0809. The quantitative estimate of drug-likeness (QED) is 0.709. The van der Waals surface area contributed by atoms with E-state index in [4.69, 9.17) is 16.3 Å². The number of hydrogen-bond donors (Lipinski definition) is 2. The number of carbonyl (C=O) groups is 1. The lowest BCUT2D eigenvalue weighted by atomic mass is 10.1. The molecule has 1 aliphatic heterocycles. The van der Waals surface area contributed by atoms with Gasteiger partial charge >= 0.3 is 6.09 Å². The molecule has 15 heavy (non-hydrogen) atoms. The fraction of sp³-hybridized carbons (Fsp3) is 0.900. The lowest BCUT2D eigenvalue weighted by Crippen LogP contribution is -2.43. The second kappa shape index (κ2) is 5.03. The van der Waals surface area contributed by atoms with E-state index < -0.39 is 5.60 Å². The van der Waals surface area contributed by atoms with Crippen LogP contribution in [-0.4, -0.2) is 36.7 Å². The summed E-state index contributed by atoms with van der Waals surface area (Å²) in [6.07, 6.45) is -0.369. The van der Waals surface area contributed by atoms with Crippen LogP contribution in [0.15, 0.2) is 0 Å². The third-order valence-electron chi connectivity index (χ3n) is 2.24. The molecule has 0 saturated carbocycles. The highest BCUT2D eigenvalue weighted by atomic mass is 35.5. The summed E-state index contributed by atoms with van der Waals surface area (Å²) in [5, 5.41) is 6.02. The first-order valence-corrected chi connectivity index (χ1v) is 5.72. The predicted molar refractivity (Wildman–Crippen MR) is 60.2 cm³/mol. The van der Waals surface area contributed by atoms with Gasteiger partial charge in [0.1, 0.15) is 5.60 Å². The Morgan fingerprint density at radius 1 is 1.53 bits per heavy atom. The van der Waals surface area contributed by atoms with Crippen LogP contribution < -0.4 is 10.6 Å². The van der Waals surface area contributed by atoms with Gasteiger partial charge in [0.05, 0.1) is 0 Å². The Morgan fingerprint density at radius 3 is 2.73 bits per heavy atom. The number of alkyl halides is 1. The molecular formula is C10H19ClN2O2. The van der Waals surface area contributed by atoms with Gasteiger partial charge in [-0.05, 0) is 20.8 Å². The number of halogens is 1. The first-order chi connectivity index (χ1) is 6.92. The predicted octanol–water partition coefficient (Wildman–Crippen LogP) is 1.34. The maximum absolute atomic E-state index is 11.5. The minimum atomic E-state index is -0.452. The molecular weight excluding hydrogens is 216 g/mol. The fourth-order valence-corrected chi connectivity index (χ4v) is 1.85. The van der Waals surface area contributed by atoms with Crippen LogP contribution in [0, 0.1) is 5.92 Å². The number of amides is 1. The number of carbonyl (C=O) groups excluding carboxylic acids is 1. The van der Waals surface area contributed by atoms with Crippen LogP contribution in [0.3, 0.4) is 0 Å². The zero-order valence-corrected chi connectivity index (χ0v) is 10.2. The molecule has 2 atom stereocenters. The summed E-state index contributed by atoms with van der Waals surface area (Å²) < 4.78 is 5.17. The van der Waals surface area contributed by atoms with E-state index in [1.54, 1.807) is 0 Å². The van der Waals surface area contributed by atoms with Crippen molar-refractivity contribution >= 4 is 17.7 Å². The average Bonchev–Trinajstić information content (AvgIpc) is 2.48. The van der Waals surface area contributed by atoms with E-state index in [1.165, 1.54) is 0 Å². The van der Waals surface area contributed by atoms with Gasteiger partial charge in [-0.25, -0.2) is 4.79 Å². The number of nitrogens with one attached hydrogen (secondary N) is 2. The molecule has 0 radical (unpaired) electrons. The molecule has 1 saturated heterocycles. The minimum absolute atomic E-state index is 0.0809. The van der Waals surface area contributed by atoms with Gasteiger partial charge in [-0.2, -0.15) is 0 Å². The standard InChI is InChI=1S/C10H19ClN2O2/c1-10(2,3)15-9(14)13-8-6-12-5-7(8)4-11/h7-8,12H,4-6H2,1-3H3,(H,13,14). The zero-order valence-electron chi connectivity index (χ0n) is 9.47. The summed E-state index contributed by atoms with van der Waals surface area (Å²) in [6.45, 7) is 7.15. The van der Waals surface area contributed by atoms with E-state index in [1.807, 2.05) is 20.8 Å². The van der Waals surface area contributed by atoms with E-state index in [0.717, 1.165) is 13.1 Å². The monoisotopic (exact) mass is 234 g/mol. The van der Waals surface area contributed by atoms with E-state index in [2.05, 4.69) is 10.6 Å². The van der Waals surface area contributed by atoms with Gasteiger partial charge in [0.15, 0.2) is 0 Å². The second-order valence-electron chi connectivity index (χ2n) is 4.83. The van der Waals surface area contributed by atoms with E-state index in [0.29, 0.717) is 11.8 Å². The van der Waals surface area contributed by atoms with Crippen molar-refractivity contribution in [1.29, 1.82) is 0 Å². The Hall–Kier alpha value is -0.480. The van der Waals surface area contributed by atoms with Crippen molar-refractivity contribution in [3.8, 4) is 0 Å². The molecule has 0 spiro atoms. The Bertz CT molecular complexity index is 228. The fourth-order valence-electron chi connectivity index (χ4n) is 1.52. The van der Waals surface area contributed by atoms with E-state index in [-0.39, 0.29) is 12.1 Å². The Morgan fingerprint density at radius 2 is 2.20 bits per heavy atom. The molecule has 0 aromatic rings. The summed E-state index contributed by atoms with van der Waals surface area (Å²) in [5.74, 6) is 0.840. The molecule has 0 bridgehead atoms. The molecule has 1 amide bonds. The largest absolute Gasteiger partial charge is 0.444 e. The van der Waals surface area contributed by atoms with Crippen LogP contribution in [0.5, 0.6) is 0 Å². The van der Waals surface area contributed by atoms with Gasteiger partial charge in [-0.1, -0.05) is 0 Å². The first-order valence-electron chi connectivity index (χ1n) is 5.18. The topological polar surface area (TPSA) is 50.4 Å². The third-order valence-corrected chi connectivity index (χ3v) is 2.64. The van der Waals surface area contributed by atoms with Gasteiger partial charge in [-0.15, -0.1) is 11.6 Å². The van der Waals surface area contributed by atoms with Crippen LogP contribution in [0.1, 0.15) is 20.8 Å². The number of hydrogen-bond acceptors (Lipinski definition) is 3. The Kier molecular flexibility index (Phi) is 4.22. The van der Waals surface area contributed by atoms with Crippen LogP contribution in [0.4, 0.5) is 4.79 Å². The molecule has 1 fully saturated rings. The van der Waals surface area contributed by atoms with Crippen molar-refractivity contribution < 1.29 is 9.53 Å². The molecule has 2 N–H and O–H groups in total. The molecule has 1 heterocycles. The first kappa shape index (κ1) is 12.6. The van der Waals surface area contributed by atoms with Crippen molar-refractivity contribution in [3.63, 3.8) is 0 Å².